The lowest BCUT2D eigenvalue weighted by Crippen LogP contribution is -2.47. The van der Waals surface area contributed by atoms with Gasteiger partial charge in [0.2, 0.25) is 5.95 Å². The Hall–Kier alpha value is -3.48. The van der Waals surface area contributed by atoms with Crippen LogP contribution in [-0.4, -0.2) is 47.1 Å². The minimum absolute atomic E-state index is 0.0428. The van der Waals surface area contributed by atoms with Gasteiger partial charge in [-0.25, -0.2) is 0 Å². The largest absolute Gasteiger partial charge is 0.368 e. The number of rotatable bonds is 5. The molecule has 0 atom stereocenters. The first-order valence-corrected chi connectivity index (χ1v) is 9.73. The molecule has 1 aromatic heterocycles. The van der Waals surface area contributed by atoms with Gasteiger partial charge in [0.25, 0.3) is 0 Å². The van der Waals surface area contributed by atoms with Gasteiger partial charge in [0.1, 0.15) is 0 Å². The number of carbonyl (C=O) groups is 1. The van der Waals surface area contributed by atoms with Gasteiger partial charge in [-0.15, -0.1) is 5.10 Å². The summed E-state index contributed by atoms with van der Waals surface area (Å²) in [4.78, 5) is 20.6. The number of aryl methyl sites for hydroxylation is 1. The maximum absolute atomic E-state index is 11.4. The van der Waals surface area contributed by atoms with Gasteiger partial charge in [-0.05, 0) is 55.8 Å². The van der Waals surface area contributed by atoms with Crippen molar-refractivity contribution < 1.29 is 4.79 Å². The molecule has 7 nitrogen and oxygen atoms in total. The highest BCUT2D eigenvalue weighted by atomic mass is 16.1. The SMILES string of the molecule is CC(=O)c1ccc(Nc2nncc(N3CCN(c4cccc(C)c4)CC3)n2)cc1. The Balaban J connectivity index is 1.41. The second-order valence-electron chi connectivity index (χ2n) is 7.21. The molecule has 1 N–H and O–H groups in total. The predicted molar refractivity (Wildman–Crippen MR) is 115 cm³/mol. The molecule has 29 heavy (non-hydrogen) atoms. The summed E-state index contributed by atoms with van der Waals surface area (Å²) >= 11 is 0. The number of aromatic nitrogens is 3. The number of Topliss-reactive ketones (excluding diaryl/α,β-unsaturated/α-hetero) is 1. The maximum Gasteiger partial charge on any atom is 0.249 e. The van der Waals surface area contributed by atoms with Crippen LogP contribution in [0.25, 0.3) is 0 Å². The molecule has 0 saturated carbocycles. The molecule has 1 aliphatic rings. The number of hydrogen-bond donors (Lipinski definition) is 1. The van der Waals surface area contributed by atoms with Crippen molar-refractivity contribution in [3.63, 3.8) is 0 Å². The minimum Gasteiger partial charge on any atom is -0.368 e. The number of nitrogens with zero attached hydrogens (tertiary/aromatic N) is 5. The van der Waals surface area contributed by atoms with Crippen molar-refractivity contribution in [2.24, 2.45) is 0 Å². The second kappa shape index (κ2) is 8.26. The molecular weight excluding hydrogens is 364 g/mol. The quantitative estimate of drug-likeness (QED) is 0.671. The molecule has 0 unspecified atom stereocenters. The number of hydrogen-bond acceptors (Lipinski definition) is 7. The highest BCUT2D eigenvalue weighted by molar-refractivity contribution is 5.94. The van der Waals surface area contributed by atoms with Crippen LogP contribution in [0, 0.1) is 6.92 Å². The van der Waals surface area contributed by atoms with Crippen LogP contribution in [0.3, 0.4) is 0 Å². The summed E-state index contributed by atoms with van der Waals surface area (Å²) in [6.45, 7) is 7.29. The van der Waals surface area contributed by atoms with E-state index in [0.29, 0.717) is 11.5 Å². The Morgan fingerprint density at radius 2 is 1.72 bits per heavy atom. The van der Waals surface area contributed by atoms with E-state index in [1.807, 2.05) is 12.1 Å². The zero-order chi connectivity index (χ0) is 20.2. The van der Waals surface area contributed by atoms with Gasteiger partial charge >= 0.3 is 0 Å². The summed E-state index contributed by atoms with van der Waals surface area (Å²) in [6, 6.07) is 15.9. The van der Waals surface area contributed by atoms with Gasteiger partial charge < -0.3 is 15.1 Å². The average molecular weight is 388 g/mol. The number of piperazine rings is 1. The van der Waals surface area contributed by atoms with E-state index in [1.165, 1.54) is 11.3 Å². The molecular formula is C22H24N6O. The van der Waals surface area contributed by atoms with Crippen LogP contribution in [0.2, 0.25) is 0 Å². The molecule has 1 fully saturated rings. The lowest BCUT2D eigenvalue weighted by Gasteiger charge is -2.36. The highest BCUT2D eigenvalue weighted by Gasteiger charge is 2.19. The first-order valence-electron chi connectivity index (χ1n) is 9.73. The third kappa shape index (κ3) is 4.51. The summed E-state index contributed by atoms with van der Waals surface area (Å²) in [5.41, 5.74) is 4.03. The summed E-state index contributed by atoms with van der Waals surface area (Å²) in [7, 11) is 0. The van der Waals surface area contributed by atoms with Gasteiger partial charge in [0, 0.05) is 43.1 Å². The molecule has 0 radical (unpaired) electrons. The molecule has 7 heteroatoms. The van der Waals surface area contributed by atoms with E-state index in [9.17, 15) is 4.79 Å². The van der Waals surface area contributed by atoms with E-state index in [0.717, 1.165) is 37.7 Å². The summed E-state index contributed by atoms with van der Waals surface area (Å²) in [6.07, 6.45) is 1.70. The van der Waals surface area contributed by atoms with Crippen molar-refractivity contribution in [3.05, 3.63) is 65.9 Å². The van der Waals surface area contributed by atoms with Crippen molar-refractivity contribution in [1.29, 1.82) is 0 Å². The van der Waals surface area contributed by atoms with E-state index in [1.54, 1.807) is 25.3 Å². The van der Waals surface area contributed by atoms with Crippen LogP contribution in [0.5, 0.6) is 0 Å². The second-order valence-corrected chi connectivity index (χ2v) is 7.21. The van der Waals surface area contributed by atoms with Gasteiger partial charge in [-0.1, -0.05) is 12.1 Å². The van der Waals surface area contributed by atoms with E-state index in [2.05, 4.69) is 61.5 Å². The fourth-order valence-corrected chi connectivity index (χ4v) is 3.44. The third-order valence-corrected chi connectivity index (χ3v) is 5.06. The molecule has 0 spiro atoms. The Morgan fingerprint density at radius 3 is 2.41 bits per heavy atom. The fraction of sp³-hybridized carbons (Fsp3) is 0.273. The standard InChI is InChI=1S/C22H24N6O/c1-16-4-3-5-20(14-16)27-10-12-28(13-11-27)21-15-23-26-22(25-21)24-19-8-6-18(7-9-19)17(2)29/h3-9,14-15H,10-13H2,1-2H3,(H,24,25,26). The van der Waals surface area contributed by atoms with Crippen molar-refractivity contribution >= 4 is 28.9 Å². The number of carbonyl (C=O) groups excluding carboxylic acids is 1. The van der Waals surface area contributed by atoms with Crippen molar-refractivity contribution in [2.75, 3.05) is 41.3 Å². The average Bonchev–Trinajstić information content (AvgIpc) is 2.74. The summed E-state index contributed by atoms with van der Waals surface area (Å²) < 4.78 is 0. The third-order valence-electron chi connectivity index (χ3n) is 5.06. The Kier molecular flexibility index (Phi) is 5.37. The molecule has 148 valence electrons. The molecule has 1 saturated heterocycles. The van der Waals surface area contributed by atoms with Gasteiger partial charge in [0.05, 0.1) is 6.20 Å². The molecule has 3 aromatic rings. The van der Waals surface area contributed by atoms with Crippen LogP contribution in [0.1, 0.15) is 22.8 Å². The lowest BCUT2D eigenvalue weighted by molar-refractivity contribution is 0.101. The van der Waals surface area contributed by atoms with Crippen LogP contribution < -0.4 is 15.1 Å². The Labute approximate surface area is 170 Å². The van der Waals surface area contributed by atoms with Gasteiger partial charge in [0.15, 0.2) is 11.6 Å². The summed E-state index contributed by atoms with van der Waals surface area (Å²) in [5.74, 6) is 1.30. The van der Waals surface area contributed by atoms with Gasteiger partial charge in [-0.3, -0.25) is 4.79 Å². The normalized spacial score (nSPS) is 14.0. The van der Waals surface area contributed by atoms with Gasteiger partial charge in [-0.2, -0.15) is 10.1 Å². The smallest absolute Gasteiger partial charge is 0.249 e. The molecule has 0 aliphatic carbocycles. The zero-order valence-corrected chi connectivity index (χ0v) is 16.7. The van der Waals surface area contributed by atoms with Crippen LogP contribution in [0.15, 0.2) is 54.7 Å². The van der Waals surface area contributed by atoms with Crippen molar-refractivity contribution in [3.8, 4) is 0 Å². The number of nitrogens with one attached hydrogen (secondary N) is 1. The molecule has 0 bridgehead atoms. The number of ketones is 1. The monoisotopic (exact) mass is 388 g/mol. The van der Waals surface area contributed by atoms with E-state index < -0.39 is 0 Å². The zero-order valence-electron chi connectivity index (χ0n) is 16.7. The predicted octanol–water partition coefficient (Wildman–Crippen LogP) is 3.45. The van der Waals surface area contributed by atoms with Crippen LogP contribution in [0.4, 0.5) is 23.1 Å². The first kappa shape index (κ1) is 18.9. The summed E-state index contributed by atoms with van der Waals surface area (Å²) in [5, 5.41) is 11.3. The van der Waals surface area contributed by atoms with Crippen molar-refractivity contribution in [1.82, 2.24) is 15.2 Å². The number of anilines is 4. The number of benzene rings is 2. The Bertz CT molecular complexity index is 996. The van der Waals surface area contributed by atoms with E-state index in [4.69, 9.17) is 0 Å². The Morgan fingerprint density at radius 1 is 1.00 bits per heavy atom. The molecule has 1 aliphatic heterocycles. The molecule has 2 aromatic carbocycles. The highest BCUT2D eigenvalue weighted by Crippen LogP contribution is 2.21. The lowest BCUT2D eigenvalue weighted by atomic mass is 10.1. The topological polar surface area (TPSA) is 74.2 Å². The minimum atomic E-state index is 0.0428. The molecule has 0 amide bonds. The first-order chi connectivity index (χ1) is 14.1. The van der Waals surface area contributed by atoms with Crippen LogP contribution in [-0.2, 0) is 0 Å². The molecule has 4 rings (SSSR count). The molecule has 2 heterocycles. The maximum atomic E-state index is 11.4. The fourth-order valence-electron chi connectivity index (χ4n) is 3.44. The van der Waals surface area contributed by atoms with E-state index in [-0.39, 0.29) is 5.78 Å². The van der Waals surface area contributed by atoms with E-state index >= 15 is 0 Å². The van der Waals surface area contributed by atoms with Crippen LogP contribution >= 0.6 is 0 Å². The van der Waals surface area contributed by atoms with Crippen molar-refractivity contribution in [2.45, 2.75) is 13.8 Å².